The molecule has 2 saturated heterocycles. The number of rotatable bonds is 13. The van der Waals surface area contributed by atoms with Gasteiger partial charge in [0.25, 0.3) is 21.6 Å². The summed E-state index contributed by atoms with van der Waals surface area (Å²) in [6.07, 6.45) is 11.4. The summed E-state index contributed by atoms with van der Waals surface area (Å²) in [7, 11) is -4.59. The fourth-order valence-electron chi connectivity index (χ4n) is 10.9. The van der Waals surface area contributed by atoms with Crippen LogP contribution in [-0.2, 0) is 21.2 Å². The highest BCUT2D eigenvalue weighted by Crippen LogP contribution is 2.77. The van der Waals surface area contributed by atoms with Gasteiger partial charge in [-0.2, -0.15) is 0 Å². The van der Waals surface area contributed by atoms with Gasteiger partial charge in [0.1, 0.15) is 22.8 Å². The molecule has 2 aromatic heterocycles. The predicted octanol–water partition coefficient (Wildman–Crippen LogP) is 8.65. The van der Waals surface area contributed by atoms with Crippen molar-refractivity contribution in [2.45, 2.75) is 95.5 Å². The number of H-pyrrole nitrogens is 1. The number of hydrogen-bond acceptors (Lipinski definition) is 10. The lowest BCUT2D eigenvalue weighted by Crippen LogP contribution is -2.61. The van der Waals surface area contributed by atoms with E-state index < -0.39 is 37.1 Å². The van der Waals surface area contributed by atoms with Crippen LogP contribution < -0.4 is 14.4 Å². The average molecular weight is 855 g/mol. The van der Waals surface area contributed by atoms with Gasteiger partial charge in [-0.05, 0) is 97.9 Å². The van der Waals surface area contributed by atoms with E-state index in [0.717, 1.165) is 49.9 Å². The highest BCUT2D eigenvalue weighted by Gasteiger charge is 2.66. The van der Waals surface area contributed by atoms with E-state index >= 15 is 4.39 Å². The third-order valence-corrected chi connectivity index (χ3v) is 15.4. The lowest BCUT2D eigenvalue weighted by atomic mass is 9.33. The van der Waals surface area contributed by atoms with Crippen molar-refractivity contribution in [3.63, 3.8) is 0 Å². The number of nitrogens with zero attached hydrogens (tertiary/aromatic N) is 4. The molecule has 6 aliphatic rings. The summed E-state index contributed by atoms with van der Waals surface area (Å²) in [4.78, 5) is 37.2. The first kappa shape index (κ1) is 41.5. The Hall–Kier alpha value is -4.86. The summed E-state index contributed by atoms with van der Waals surface area (Å²) in [5.74, 6) is -0.485. The molecule has 1 amide bonds. The van der Waals surface area contributed by atoms with Crippen LogP contribution in [0.5, 0.6) is 11.5 Å². The summed E-state index contributed by atoms with van der Waals surface area (Å²) in [5.41, 5.74) is 4.45. The summed E-state index contributed by atoms with van der Waals surface area (Å²) < 4.78 is 56.3. The molecule has 4 aliphatic carbocycles. The molecule has 2 N–H and O–H groups in total. The van der Waals surface area contributed by atoms with Crippen LogP contribution in [0.3, 0.4) is 0 Å². The highest BCUT2D eigenvalue weighted by atomic mass is 32.2. The molecule has 2 aromatic carbocycles. The first-order valence-electron chi connectivity index (χ1n) is 21.6. The molecular weight excluding hydrogens is 800 g/mol. The number of hydrogen-bond donors (Lipinski definition) is 2. The minimum absolute atomic E-state index is 0.0406. The number of nitrogens with one attached hydrogen (secondary N) is 2. The second-order valence-electron chi connectivity index (χ2n) is 19.4. The van der Waals surface area contributed by atoms with Crippen LogP contribution in [0.15, 0.2) is 77.0 Å². The molecular formula is C46H55FN6O7S. The standard InChI is InChI=1S/C46H55FN6O7S/c1-43(2)11-8-33(38(25-43)45-28-44(3,29-45)30-45)27-51-16-18-52(19-17-51)34-5-7-37(40(23-34)60-35-22-32-10-15-48-41(32)49-26-35)42(54)50-61(57,58)36-6-4-31(39(24-36)53(55)56)9-12-46(47)13-20-59-21-14-46/h4-7,10,15,22-24,26H,8-9,11-14,16-21,25,27-30H2,1-3H3,(H,48,49)(H,50,54). The maximum absolute atomic E-state index is 15.3. The van der Waals surface area contributed by atoms with Crippen LogP contribution >= 0.6 is 0 Å². The van der Waals surface area contributed by atoms with Crippen LogP contribution in [-0.4, -0.2) is 85.7 Å². The molecule has 0 atom stereocenters. The number of ether oxygens (including phenoxy) is 2. The van der Waals surface area contributed by atoms with E-state index in [9.17, 15) is 23.3 Å². The van der Waals surface area contributed by atoms with Crippen molar-refractivity contribution >= 4 is 38.3 Å². The van der Waals surface area contributed by atoms with Crippen LogP contribution in [0, 0.1) is 26.4 Å². The topological polar surface area (TPSA) is 160 Å². The smallest absolute Gasteiger partial charge is 0.273 e. The number of alkyl halides is 1. The van der Waals surface area contributed by atoms with Crippen LogP contribution in [0.2, 0.25) is 0 Å². The number of nitro benzene ring substituents is 1. The molecule has 10 rings (SSSR count). The largest absolute Gasteiger partial charge is 0.455 e. The van der Waals surface area contributed by atoms with E-state index in [0.29, 0.717) is 27.6 Å². The van der Waals surface area contributed by atoms with E-state index in [1.807, 2.05) is 6.07 Å². The Labute approximate surface area is 356 Å². The van der Waals surface area contributed by atoms with E-state index in [2.05, 4.69) is 45.3 Å². The Bertz CT molecular complexity index is 2500. The van der Waals surface area contributed by atoms with Gasteiger partial charge in [0, 0.05) is 93.7 Å². The highest BCUT2D eigenvalue weighted by molar-refractivity contribution is 7.90. The fraction of sp³-hybridized carbons (Fsp3) is 0.522. The number of benzene rings is 2. The van der Waals surface area contributed by atoms with Crippen molar-refractivity contribution in [1.29, 1.82) is 0 Å². The number of amides is 1. The molecule has 0 radical (unpaired) electrons. The third-order valence-electron chi connectivity index (χ3n) is 14.1. The van der Waals surface area contributed by atoms with Crippen LogP contribution in [0.4, 0.5) is 15.8 Å². The molecule has 15 heteroatoms. The van der Waals surface area contributed by atoms with E-state index in [1.54, 1.807) is 41.6 Å². The molecule has 324 valence electrons. The second-order valence-corrected chi connectivity index (χ2v) is 21.1. The quantitative estimate of drug-likeness (QED) is 0.0757. The minimum atomic E-state index is -4.59. The average Bonchev–Trinajstić information content (AvgIpc) is 3.67. The Morgan fingerprint density at radius 3 is 2.49 bits per heavy atom. The first-order chi connectivity index (χ1) is 29.0. The molecule has 3 saturated carbocycles. The maximum Gasteiger partial charge on any atom is 0.273 e. The van der Waals surface area contributed by atoms with Crippen LogP contribution in [0.25, 0.3) is 11.0 Å². The first-order valence-corrected chi connectivity index (χ1v) is 23.0. The SMILES string of the molecule is CC1(C)CCC(CN2CCN(c3ccc(C(=O)NS(=O)(=O)c4ccc(CCC5(F)CCOCC5)c([N+](=O)[O-])c4)c(Oc4cnc5[nH]ccc5c4)c3)CC2)=C(C23CC(C)(C2)C3)C1. The maximum atomic E-state index is 15.3. The van der Waals surface area contributed by atoms with Crippen molar-refractivity contribution in [3.05, 3.63) is 93.3 Å². The van der Waals surface area contributed by atoms with Crippen molar-refractivity contribution in [3.8, 4) is 11.5 Å². The van der Waals surface area contributed by atoms with Gasteiger partial charge in [0.15, 0.2) is 0 Å². The van der Waals surface area contributed by atoms with E-state index in [1.165, 1.54) is 56.9 Å². The number of carbonyl (C=O) groups excluding carboxylic acids is 1. The number of pyridine rings is 1. The number of allylic oxidation sites excluding steroid dienone is 1. The zero-order valence-corrected chi connectivity index (χ0v) is 36.0. The summed E-state index contributed by atoms with van der Waals surface area (Å²) >= 11 is 0. The zero-order valence-electron chi connectivity index (χ0n) is 35.2. The second kappa shape index (κ2) is 15.5. The molecule has 0 unspecified atom stereocenters. The normalized spacial score (nSPS) is 24.8. The van der Waals surface area contributed by atoms with Gasteiger partial charge in [-0.1, -0.05) is 38.0 Å². The molecule has 5 fully saturated rings. The van der Waals surface area contributed by atoms with Gasteiger partial charge in [0.2, 0.25) is 0 Å². The predicted molar refractivity (Wildman–Crippen MR) is 230 cm³/mol. The van der Waals surface area contributed by atoms with Gasteiger partial charge in [-0.25, -0.2) is 22.5 Å². The molecule has 4 heterocycles. The monoisotopic (exact) mass is 854 g/mol. The fourth-order valence-corrected chi connectivity index (χ4v) is 11.9. The molecule has 2 aliphatic heterocycles. The van der Waals surface area contributed by atoms with Crippen molar-refractivity contribution in [2.75, 3.05) is 50.8 Å². The molecule has 13 nitrogen and oxygen atoms in total. The number of carbonyl (C=O) groups is 1. The third kappa shape index (κ3) is 8.40. The number of aromatic amines is 1. The van der Waals surface area contributed by atoms with Gasteiger partial charge in [-0.15, -0.1) is 0 Å². The van der Waals surface area contributed by atoms with Gasteiger partial charge < -0.3 is 19.4 Å². The lowest BCUT2D eigenvalue weighted by molar-refractivity contribution is -0.385. The van der Waals surface area contributed by atoms with Crippen molar-refractivity contribution in [2.24, 2.45) is 16.2 Å². The minimum Gasteiger partial charge on any atom is -0.455 e. The van der Waals surface area contributed by atoms with E-state index in [4.69, 9.17) is 9.47 Å². The van der Waals surface area contributed by atoms with Gasteiger partial charge in [-0.3, -0.25) is 19.8 Å². The number of aryl methyl sites for hydroxylation is 1. The Morgan fingerprint density at radius 1 is 1.02 bits per heavy atom. The van der Waals surface area contributed by atoms with Gasteiger partial charge in [0.05, 0.1) is 21.6 Å². The van der Waals surface area contributed by atoms with E-state index in [-0.39, 0.29) is 55.8 Å². The van der Waals surface area contributed by atoms with Gasteiger partial charge >= 0.3 is 0 Å². The lowest BCUT2D eigenvalue weighted by Gasteiger charge is -2.72. The molecule has 2 bridgehead atoms. The number of anilines is 1. The summed E-state index contributed by atoms with van der Waals surface area (Å²) in [6, 6.07) is 12.1. The Kier molecular flexibility index (Phi) is 10.5. The number of nitro groups is 1. The number of sulfonamides is 1. The van der Waals surface area contributed by atoms with Crippen LogP contribution in [0.1, 0.15) is 94.5 Å². The molecule has 61 heavy (non-hydrogen) atoms. The van der Waals surface area contributed by atoms with Crippen molar-refractivity contribution < 1.29 is 32.0 Å². The number of aromatic nitrogens is 2. The Balaban J connectivity index is 0.924. The number of fused-ring (bicyclic) bond motifs is 1. The van der Waals surface area contributed by atoms with Crippen molar-refractivity contribution in [1.82, 2.24) is 19.6 Å². The zero-order chi connectivity index (χ0) is 42.8. The Morgan fingerprint density at radius 2 is 1.77 bits per heavy atom. The molecule has 4 aromatic rings. The summed E-state index contributed by atoms with van der Waals surface area (Å²) in [5, 5.41) is 12.9. The molecule has 0 spiro atoms. The summed E-state index contributed by atoms with van der Waals surface area (Å²) in [6.45, 7) is 12.1. The number of halogens is 1. The number of piperazine rings is 1.